The summed E-state index contributed by atoms with van der Waals surface area (Å²) in [7, 11) is 0. The molecule has 1 unspecified atom stereocenters. The van der Waals surface area contributed by atoms with Crippen LogP contribution < -0.4 is 10.6 Å². The minimum absolute atomic E-state index is 0.0564. The highest BCUT2D eigenvalue weighted by atomic mass is 32.1. The Morgan fingerprint density at radius 3 is 2.84 bits per heavy atom. The van der Waals surface area contributed by atoms with Gasteiger partial charge in [0.05, 0.1) is 37.1 Å². The molecular formula is C29H36N4O3S. The number of aromatic nitrogens is 2. The standard InChI is InChI=1S/C29H36N4O3S/c1-29(2,3)33-12-10-23(16-33)27(34)30-15-25(21-7-5-8-21)31-28-32-26(19-37-28)22-9-4-6-20(14-22)17-36-24-11-13-35-18-24/h4,6,9-10,12,14,16,19,24H,5,7-8,11,13,15,17-18H2,1-3H3,(H,30,34)(H,31,32). The Balaban J connectivity index is 1.21. The summed E-state index contributed by atoms with van der Waals surface area (Å²) in [6.45, 7) is 8.87. The smallest absolute Gasteiger partial charge is 0.253 e. The molecule has 2 aliphatic rings. The molecular weight excluding hydrogens is 484 g/mol. The molecule has 2 fully saturated rings. The molecule has 2 aromatic heterocycles. The zero-order valence-corrected chi connectivity index (χ0v) is 22.7. The molecule has 37 heavy (non-hydrogen) atoms. The maximum atomic E-state index is 12.8. The van der Waals surface area contributed by atoms with Crippen molar-refractivity contribution in [2.24, 2.45) is 0 Å². The lowest BCUT2D eigenvalue weighted by Crippen LogP contribution is -2.29. The molecule has 1 aromatic carbocycles. The van der Waals surface area contributed by atoms with Crippen LogP contribution in [0.25, 0.3) is 11.3 Å². The average Bonchev–Trinajstić information content (AvgIpc) is 3.61. The normalized spacial score (nSPS) is 17.5. The van der Waals surface area contributed by atoms with Gasteiger partial charge in [0.1, 0.15) is 0 Å². The van der Waals surface area contributed by atoms with Gasteiger partial charge in [-0.25, -0.2) is 4.98 Å². The number of thiazole rings is 1. The fourth-order valence-corrected chi connectivity index (χ4v) is 5.15. The van der Waals surface area contributed by atoms with Gasteiger partial charge in [0.15, 0.2) is 5.13 Å². The van der Waals surface area contributed by atoms with E-state index in [0.717, 1.165) is 53.5 Å². The summed E-state index contributed by atoms with van der Waals surface area (Å²) >= 11 is 1.58. The summed E-state index contributed by atoms with van der Waals surface area (Å²) in [4.78, 5) is 17.7. The molecule has 1 saturated carbocycles. The first-order valence-corrected chi connectivity index (χ1v) is 13.9. The minimum atomic E-state index is -0.0646. The minimum Gasteiger partial charge on any atom is -0.379 e. The Morgan fingerprint density at radius 1 is 1.27 bits per heavy atom. The molecule has 7 nitrogen and oxygen atoms in total. The van der Waals surface area contributed by atoms with Crippen molar-refractivity contribution in [2.75, 3.05) is 25.1 Å². The number of benzene rings is 1. The predicted molar refractivity (Wildman–Crippen MR) is 148 cm³/mol. The Kier molecular flexibility index (Phi) is 7.79. The van der Waals surface area contributed by atoms with Gasteiger partial charge in [0.2, 0.25) is 0 Å². The number of ether oxygens (including phenoxy) is 2. The highest BCUT2D eigenvalue weighted by Crippen LogP contribution is 2.31. The van der Waals surface area contributed by atoms with Gasteiger partial charge in [-0.2, -0.15) is 0 Å². The second-order valence-corrected chi connectivity index (χ2v) is 11.6. The zero-order valence-electron chi connectivity index (χ0n) is 21.9. The van der Waals surface area contributed by atoms with E-state index in [1.165, 1.54) is 12.0 Å². The Morgan fingerprint density at radius 2 is 2.14 bits per heavy atom. The van der Waals surface area contributed by atoms with Crippen LogP contribution in [-0.4, -0.2) is 41.3 Å². The van der Waals surface area contributed by atoms with Gasteiger partial charge < -0.3 is 24.7 Å². The van der Waals surface area contributed by atoms with E-state index in [1.54, 1.807) is 11.3 Å². The van der Waals surface area contributed by atoms with Crippen LogP contribution in [-0.2, 0) is 21.6 Å². The van der Waals surface area contributed by atoms with Crippen LogP contribution in [0.5, 0.6) is 0 Å². The molecule has 0 radical (unpaired) electrons. The van der Waals surface area contributed by atoms with Gasteiger partial charge in [0.25, 0.3) is 5.91 Å². The summed E-state index contributed by atoms with van der Waals surface area (Å²) in [5.41, 5.74) is 6.17. The average molecular weight is 521 g/mol. The van der Waals surface area contributed by atoms with Crippen molar-refractivity contribution in [3.63, 3.8) is 0 Å². The maximum absolute atomic E-state index is 12.8. The van der Waals surface area contributed by atoms with Crippen molar-refractivity contribution in [1.29, 1.82) is 0 Å². The van der Waals surface area contributed by atoms with Gasteiger partial charge in [-0.15, -0.1) is 11.3 Å². The molecule has 0 spiro atoms. The second-order valence-electron chi connectivity index (χ2n) is 10.8. The van der Waals surface area contributed by atoms with Gasteiger partial charge in [-0.1, -0.05) is 18.2 Å². The summed E-state index contributed by atoms with van der Waals surface area (Å²) in [6.07, 6.45) is 8.33. The van der Waals surface area contributed by atoms with Gasteiger partial charge in [0, 0.05) is 41.2 Å². The molecule has 1 atom stereocenters. The molecule has 1 aliphatic heterocycles. The van der Waals surface area contributed by atoms with Crippen molar-refractivity contribution in [3.05, 3.63) is 70.5 Å². The Bertz CT molecular complexity index is 1260. The van der Waals surface area contributed by atoms with Crippen molar-refractivity contribution in [1.82, 2.24) is 14.9 Å². The summed E-state index contributed by atoms with van der Waals surface area (Å²) in [5, 5.41) is 9.52. The maximum Gasteiger partial charge on any atom is 0.253 e. The molecule has 196 valence electrons. The lowest BCUT2D eigenvalue weighted by molar-refractivity contribution is 0.0318. The van der Waals surface area contributed by atoms with E-state index >= 15 is 0 Å². The van der Waals surface area contributed by atoms with Gasteiger partial charge in [-0.3, -0.25) is 4.79 Å². The first kappa shape index (κ1) is 25.7. The topological polar surface area (TPSA) is 77.4 Å². The number of nitrogens with one attached hydrogen (secondary N) is 2. The molecule has 0 bridgehead atoms. The largest absolute Gasteiger partial charge is 0.379 e. The van der Waals surface area contributed by atoms with E-state index in [-0.39, 0.29) is 17.6 Å². The summed E-state index contributed by atoms with van der Waals surface area (Å²) in [6, 6.07) is 10.2. The molecule has 1 aliphatic carbocycles. The first-order chi connectivity index (χ1) is 17.8. The van der Waals surface area contributed by atoms with Crippen LogP contribution in [0.1, 0.15) is 62.4 Å². The highest BCUT2D eigenvalue weighted by Gasteiger charge is 2.19. The van der Waals surface area contributed by atoms with Crippen LogP contribution in [0, 0.1) is 0 Å². The first-order valence-electron chi connectivity index (χ1n) is 13.0. The van der Waals surface area contributed by atoms with E-state index in [2.05, 4.69) is 65.6 Å². The number of hydrogen-bond donors (Lipinski definition) is 2. The SMILES string of the molecule is CC(C)(C)n1ccc(C(=O)NCC(Nc2nc(-c3cccc(COC4CCOC4)c3)cs2)=C2CCC2)c1. The number of rotatable bonds is 9. The molecule has 1 saturated heterocycles. The fraction of sp³-hybridized carbons (Fsp3) is 0.448. The van der Waals surface area contributed by atoms with Gasteiger partial charge in [-0.05, 0) is 69.7 Å². The van der Waals surface area contributed by atoms with Crippen molar-refractivity contribution < 1.29 is 14.3 Å². The third-order valence-corrected chi connectivity index (χ3v) is 7.66. The molecule has 3 heterocycles. The monoisotopic (exact) mass is 520 g/mol. The Labute approximate surface area is 222 Å². The van der Waals surface area contributed by atoms with Crippen LogP contribution >= 0.6 is 11.3 Å². The molecule has 2 N–H and O–H groups in total. The quantitative estimate of drug-likeness (QED) is 0.364. The van der Waals surface area contributed by atoms with Crippen molar-refractivity contribution in [3.8, 4) is 11.3 Å². The number of carbonyl (C=O) groups excluding carboxylic acids is 1. The molecule has 5 rings (SSSR count). The van der Waals surface area contributed by atoms with Gasteiger partial charge >= 0.3 is 0 Å². The zero-order chi connectivity index (χ0) is 25.8. The van der Waals surface area contributed by atoms with Crippen LogP contribution in [0.15, 0.2) is 59.4 Å². The number of allylic oxidation sites excluding steroid dienone is 1. The number of amides is 1. The second kappa shape index (κ2) is 11.2. The molecule has 3 aromatic rings. The number of carbonyl (C=O) groups is 1. The number of hydrogen-bond acceptors (Lipinski definition) is 6. The van der Waals surface area contributed by atoms with Crippen LogP contribution in [0.2, 0.25) is 0 Å². The molecule has 1 amide bonds. The lowest BCUT2D eigenvalue weighted by Gasteiger charge is -2.23. The summed E-state index contributed by atoms with van der Waals surface area (Å²) in [5.74, 6) is -0.0646. The Hall–Kier alpha value is -2.94. The molecule has 8 heteroatoms. The van der Waals surface area contributed by atoms with Crippen LogP contribution in [0.3, 0.4) is 0 Å². The third-order valence-electron chi connectivity index (χ3n) is 6.90. The third kappa shape index (κ3) is 6.50. The highest BCUT2D eigenvalue weighted by molar-refractivity contribution is 7.14. The van der Waals surface area contributed by atoms with E-state index in [0.29, 0.717) is 25.3 Å². The fourth-order valence-electron chi connectivity index (χ4n) is 4.40. The number of nitrogens with zero attached hydrogens (tertiary/aromatic N) is 2. The lowest BCUT2D eigenvalue weighted by atomic mass is 9.90. The van der Waals surface area contributed by atoms with E-state index in [4.69, 9.17) is 14.5 Å². The van der Waals surface area contributed by atoms with E-state index in [9.17, 15) is 4.79 Å². The van der Waals surface area contributed by atoms with E-state index in [1.807, 2.05) is 18.5 Å². The van der Waals surface area contributed by atoms with Crippen molar-refractivity contribution >= 4 is 22.4 Å². The summed E-state index contributed by atoms with van der Waals surface area (Å²) < 4.78 is 13.4. The predicted octanol–water partition coefficient (Wildman–Crippen LogP) is 5.95. The van der Waals surface area contributed by atoms with Crippen molar-refractivity contribution in [2.45, 2.75) is 64.7 Å². The number of anilines is 1. The van der Waals surface area contributed by atoms with E-state index < -0.39 is 0 Å². The van der Waals surface area contributed by atoms with Crippen LogP contribution in [0.4, 0.5) is 5.13 Å².